The summed E-state index contributed by atoms with van der Waals surface area (Å²) in [5, 5.41) is 0. The van der Waals surface area contributed by atoms with Crippen LogP contribution in [0.2, 0.25) is 0 Å². The zero-order valence-electron chi connectivity index (χ0n) is 7.27. The fourth-order valence-electron chi connectivity index (χ4n) is 1.29. The Morgan fingerprint density at radius 2 is 1.92 bits per heavy atom. The van der Waals surface area contributed by atoms with Gasteiger partial charge in [0.1, 0.15) is 0 Å². The van der Waals surface area contributed by atoms with Crippen LogP contribution in [0.25, 0.3) is 0 Å². The second-order valence-corrected chi connectivity index (χ2v) is 4.52. The first-order chi connectivity index (χ1) is 5.79. The first-order valence-corrected chi connectivity index (χ1v) is 5.73. The molecule has 0 atom stereocenters. The molecule has 1 saturated carbocycles. The summed E-state index contributed by atoms with van der Waals surface area (Å²) in [5.74, 6) is -0.552. The topological polar surface area (TPSA) is 0 Å². The SMILES string of the molecule is FC(F)SCCCCCC1CC1. The van der Waals surface area contributed by atoms with E-state index in [-0.39, 0.29) is 0 Å². The summed E-state index contributed by atoms with van der Waals surface area (Å²) in [6.45, 7) is 0. The van der Waals surface area contributed by atoms with Crippen molar-refractivity contribution in [3.8, 4) is 0 Å². The van der Waals surface area contributed by atoms with Crippen LogP contribution < -0.4 is 0 Å². The molecule has 0 amide bonds. The highest BCUT2D eigenvalue weighted by Crippen LogP contribution is 2.34. The normalized spacial score (nSPS) is 17.2. The highest BCUT2D eigenvalue weighted by Gasteiger charge is 2.19. The summed E-state index contributed by atoms with van der Waals surface area (Å²) < 4.78 is 23.3. The van der Waals surface area contributed by atoms with E-state index in [9.17, 15) is 8.78 Å². The van der Waals surface area contributed by atoms with Gasteiger partial charge in [0.05, 0.1) is 0 Å². The van der Waals surface area contributed by atoms with Crippen LogP contribution in [0.1, 0.15) is 38.5 Å². The molecule has 0 aromatic rings. The van der Waals surface area contributed by atoms with E-state index in [0.29, 0.717) is 5.75 Å². The molecule has 1 fully saturated rings. The van der Waals surface area contributed by atoms with Gasteiger partial charge in [0.15, 0.2) is 0 Å². The Balaban J connectivity index is 1.70. The predicted octanol–water partition coefficient (Wildman–Crippen LogP) is 3.91. The molecule has 72 valence electrons. The van der Waals surface area contributed by atoms with Gasteiger partial charge in [-0.25, -0.2) is 0 Å². The summed E-state index contributed by atoms with van der Waals surface area (Å²) in [7, 11) is 0. The number of thioether (sulfide) groups is 1. The molecule has 0 aromatic carbocycles. The molecule has 1 aliphatic carbocycles. The molecule has 12 heavy (non-hydrogen) atoms. The Hall–Kier alpha value is 0.210. The molecule has 0 unspecified atom stereocenters. The lowest BCUT2D eigenvalue weighted by atomic mass is 10.1. The second-order valence-electron chi connectivity index (χ2n) is 3.42. The Kier molecular flexibility index (Phi) is 4.96. The van der Waals surface area contributed by atoms with Gasteiger partial charge >= 0.3 is 0 Å². The summed E-state index contributed by atoms with van der Waals surface area (Å²) in [4.78, 5) is 0. The van der Waals surface area contributed by atoms with Gasteiger partial charge in [-0.05, 0) is 18.1 Å². The quantitative estimate of drug-likeness (QED) is 0.554. The maximum atomic E-state index is 11.6. The van der Waals surface area contributed by atoms with E-state index >= 15 is 0 Å². The van der Waals surface area contributed by atoms with E-state index in [2.05, 4.69) is 0 Å². The Labute approximate surface area is 77.1 Å². The summed E-state index contributed by atoms with van der Waals surface area (Å²) in [5.41, 5.74) is 0. The molecule has 0 bridgehead atoms. The third kappa shape index (κ3) is 5.81. The third-order valence-corrected chi connectivity index (χ3v) is 2.97. The maximum Gasteiger partial charge on any atom is 0.284 e. The van der Waals surface area contributed by atoms with Gasteiger partial charge in [-0.3, -0.25) is 0 Å². The lowest BCUT2D eigenvalue weighted by Gasteiger charge is -1.99. The van der Waals surface area contributed by atoms with Crippen molar-refractivity contribution in [3.05, 3.63) is 0 Å². The molecule has 0 nitrogen and oxygen atoms in total. The monoisotopic (exact) mass is 194 g/mol. The van der Waals surface area contributed by atoms with Crippen LogP contribution in [0.5, 0.6) is 0 Å². The van der Waals surface area contributed by atoms with Gasteiger partial charge in [0.25, 0.3) is 5.76 Å². The van der Waals surface area contributed by atoms with Crippen LogP contribution in [0.4, 0.5) is 8.78 Å². The van der Waals surface area contributed by atoms with Crippen molar-refractivity contribution in [3.63, 3.8) is 0 Å². The van der Waals surface area contributed by atoms with Crippen molar-refractivity contribution in [2.75, 3.05) is 5.75 Å². The number of halogens is 2. The molecule has 1 aliphatic rings. The average Bonchev–Trinajstić information content (AvgIpc) is 2.79. The lowest BCUT2D eigenvalue weighted by molar-refractivity contribution is 0.252. The van der Waals surface area contributed by atoms with Crippen molar-refractivity contribution in [1.29, 1.82) is 0 Å². The Morgan fingerprint density at radius 1 is 1.17 bits per heavy atom. The number of rotatable bonds is 7. The van der Waals surface area contributed by atoms with E-state index in [1.165, 1.54) is 25.7 Å². The minimum absolute atomic E-state index is 0.627. The Morgan fingerprint density at radius 3 is 2.50 bits per heavy atom. The first kappa shape index (κ1) is 10.3. The summed E-state index contributed by atoms with van der Waals surface area (Å²) in [6.07, 6.45) is 7.49. The number of alkyl halides is 2. The maximum absolute atomic E-state index is 11.6. The number of unbranched alkanes of at least 4 members (excludes halogenated alkanes) is 2. The van der Waals surface area contributed by atoms with Crippen LogP contribution in [0.15, 0.2) is 0 Å². The molecule has 0 radical (unpaired) electrons. The fraction of sp³-hybridized carbons (Fsp3) is 1.00. The molecule has 3 heteroatoms. The molecule has 1 rings (SSSR count). The summed E-state index contributed by atoms with van der Waals surface area (Å²) in [6, 6.07) is 0. The second kappa shape index (κ2) is 5.79. The Bertz CT molecular complexity index is 107. The first-order valence-electron chi connectivity index (χ1n) is 4.69. The number of hydrogen-bond acceptors (Lipinski definition) is 1. The molecule has 0 N–H and O–H groups in total. The molecule has 0 saturated heterocycles. The van der Waals surface area contributed by atoms with E-state index in [0.717, 1.165) is 30.5 Å². The van der Waals surface area contributed by atoms with Gasteiger partial charge in [0, 0.05) is 0 Å². The van der Waals surface area contributed by atoms with E-state index in [4.69, 9.17) is 0 Å². The molecule has 0 aliphatic heterocycles. The van der Waals surface area contributed by atoms with Gasteiger partial charge < -0.3 is 0 Å². The minimum Gasteiger partial charge on any atom is -0.198 e. The van der Waals surface area contributed by atoms with Crippen molar-refractivity contribution < 1.29 is 8.78 Å². The highest BCUT2D eigenvalue weighted by molar-refractivity contribution is 7.99. The van der Waals surface area contributed by atoms with Crippen molar-refractivity contribution in [1.82, 2.24) is 0 Å². The number of hydrogen-bond donors (Lipinski definition) is 0. The van der Waals surface area contributed by atoms with Gasteiger partial charge in [-0.2, -0.15) is 8.78 Å². The van der Waals surface area contributed by atoms with Gasteiger partial charge in [0.2, 0.25) is 0 Å². The van der Waals surface area contributed by atoms with E-state index < -0.39 is 5.76 Å². The molecule has 0 aromatic heterocycles. The van der Waals surface area contributed by atoms with Gasteiger partial charge in [-0.1, -0.05) is 43.9 Å². The van der Waals surface area contributed by atoms with Crippen LogP contribution >= 0.6 is 11.8 Å². The predicted molar refractivity (Wildman–Crippen MR) is 49.7 cm³/mol. The average molecular weight is 194 g/mol. The van der Waals surface area contributed by atoms with E-state index in [1.807, 2.05) is 0 Å². The standard InChI is InChI=1S/C9H16F2S/c10-9(11)12-7-3-1-2-4-8-5-6-8/h8-9H,1-7H2. The molecule has 0 spiro atoms. The lowest BCUT2D eigenvalue weighted by Crippen LogP contribution is -1.87. The van der Waals surface area contributed by atoms with Crippen molar-refractivity contribution in [2.45, 2.75) is 44.3 Å². The smallest absolute Gasteiger partial charge is 0.198 e. The molecule has 0 heterocycles. The summed E-state index contributed by atoms with van der Waals surface area (Å²) >= 11 is 0.772. The molecular formula is C9H16F2S. The van der Waals surface area contributed by atoms with Gasteiger partial charge in [-0.15, -0.1) is 0 Å². The minimum atomic E-state index is -2.17. The van der Waals surface area contributed by atoms with Crippen LogP contribution in [-0.4, -0.2) is 11.5 Å². The van der Waals surface area contributed by atoms with Crippen molar-refractivity contribution in [2.24, 2.45) is 5.92 Å². The van der Waals surface area contributed by atoms with Crippen LogP contribution in [0.3, 0.4) is 0 Å². The third-order valence-electron chi connectivity index (χ3n) is 2.20. The van der Waals surface area contributed by atoms with Crippen LogP contribution in [-0.2, 0) is 0 Å². The largest absolute Gasteiger partial charge is 0.284 e. The van der Waals surface area contributed by atoms with E-state index in [1.54, 1.807) is 0 Å². The fourth-order valence-corrected chi connectivity index (χ4v) is 1.84. The molecular weight excluding hydrogens is 178 g/mol. The van der Waals surface area contributed by atoms with Crippen molar-refractivity contribution >= 4 is 11.8 Å². The zero-order valence-corrected chi connectivity index (χ0v) is 8.09. The van der Waals surface area contributed by atoms with Crippen LogP contribution in [0, 0.1) is 5.92 Å². The highest BCUT2D eigenvalue weighted by atomic mass is 32.2. The zero-order chi connectivity index (χ0) is 8.81.